The molecule has 1 aromatic carbocycles. The van der Waals surface area contributed by atoms with Crippen LogP contribution >= 0.6 is 11.6 Å². The molecule has 0 radical (unpaired) electrons. The fourth-order valence-electron chi connectivity index (χ4n) is 1.40. The predicted molar refractivity (Wildman–Crippen MR) is 58.3 cm³/mol. The molecule has 0 amide bonds. The van der Waals surface area contributed by atoms with Crippen molar-refractivity contribution in [3.05, 3.63) is 38.9 Å². The third-order valence-electron chi connectivity index (χ3n) is 2.02. The van der Waals surface area contributed by atoms with Gasteiger partial charge in [0.05, 0.1) is 10.8 Å². The van der Waals surface area contributed by atoms with Crippen molar-refractivity contribution in [1.82, 2.24) is 0 Å². The van der Waals surface area contributed by atoms with Gasteiger partial charge in [0.15, 0.2) is 12.1 Å². The molecule has 0 spiro atoms. The fourth-order valence-corrected chi connectivity index (χ4v) is 1.54. The first-order valence-corrected chi connectivity index (χ1v) is 4.88. The average Bonchev–Trinajstić information content (AvgIpc) is 2.26. The number of aryl methyl sites for hydroxylation is 1. The molecule has 84 valence electrons. The first kappa shape index (κ1) is 12.3. The number of benzene rings is 1. The largest absolute Gasteiger partial charge is 0.298 e. The summed E-state index contributed by atoms with van der Waals surface area (Å²) in [7, 11) is 0. The van der Waals surface area contributed by atoms with Gasteiger partial charge in [0.2, 0.25) is 0 Å². The zero-order valence-electron chi connectivity index (χ0n) is 8.40. The van der Waals surface area contributed by atoms with Crippen molar-refractivity contribution < 1.29 is 14.5 Å². The molecule has 0 aromatic heterocycles. The van der Waals surface area contributed by atoms with Gasteiger partial charge < -0.3 is 0 Å². The number of nitrogens with zero attached hydrogens (tertiary/aromatic N) is 1. The van der Waals surface area contributed by atoms with E-state index < -0.39 is 16.6 Å². The minimum absolute atomic E-state index is 0.00245. The Hall–Kier alpha value is -1.75. The van der Waals surface area contributed by atoms with Gasteiger partial charge in [-0.2, -0.15) is 0 Å². The Morgan fingerprint density at radius 3 is 2.62 bits per heavy atom. The van der Waals surface area contributed by atoms with Gasteiger partial charge in [-0.05, 0) is 18.6 Å². The topological polar surface area (TPSA) is 77.3 Å². The van der Waals surface area contributed by atoms with E-state index in [4.69, 9.17) is 11.6 Å². The van der Waals surface area contributed by atoms with Crippen molar-refractivity contribution in [2.45, 2.75) is 6.92 Å². The second-order valence-corrected chi connectivity index (χ2v) is 3.45. The summed E-state index contributed by atoms with van der Waals surface area (Å²) in [4.78, 5) is 32.3. The highest BCUT2D eigenvalue weighted by Crippen LogP contribution is 2.24. The molecule has 0 saturated heterocycles. The van der Waals surface area contributed by atoms with Crippen LogP contribution < -0.4 is 0 Å². The summed E-state index contributed by atoms with van der Waals surface area (Å²) in [6, 6.07) is 2.66. The molecular formula is C10H8ClNO4. The summed E-state index contributed by atoms with van der Waals surface area (Å²) in [6.07, 6.45) is 0.416. The van der Waals surface area contributed by atoms with Gasteiger partial charge in [-0.3, -0.25) is 19.7 Å². The van der Waals surface area contributed by atoms with Crippen LogP contribution in [0.2, 0.25) is 0 Å². The average molecular weight is 242 g/mol. The highest BCUT2D eigenvalue weighted by Gasteiger charge is 2.23. The lowest BCUT2D eigenvalue weighted by Crippen LogP contribution is -2.09. The number of Topliss-reactive ketones (excluding diaryl/α,β-unsaturated/α-hetero) is 1. The number of nitro groups is 1. The molecule has 5 nitrogen and oxygen atoms in total. The molecule has 0 atom stereocenters. The molecule has 0 unspecified atom stereocenters. The van der Waals surface area contributed by atoms with E-state index in [0.29, 0.717) is 11.8 Å². The Morgan fingerprint density at radius 1 is 1.56 bits per heavy atom. The zero-order chi connectivity index (χ0) is 12.3. The number of alkyl halides is 1. The van der Waals surface area contributed by atoms with Crippen LogP contribution in [-0.2, 0) is 0 Å². The van der Waals surface area contributed by atoms with Gasteiger partial charge >= 0.3 is 0 Å². The second kappa shape index (κ2) is 4.85. The highest BCUT2D eigenvalue weighted by molar-refractivity contribution is 6.31. The Morgan fingerprint density at radius 2 is 2.19 bits per heavy atom. The quantitative estimate of drug-likeness (QED) is 0.266. The summed E-state index contributed by atoms with van der Waals surface area (Å²) in [5.74, 6) is -1.03. The van der Waals surface area contributed by atoms with Crippen LogP contribution in [0.4, 0.5) is 5.69 Å². The molecule has 0 aliphatic carbocycles. The molecule has 0 heterocycles. The molecule has 0 N–H and O–H groups in total. The van der Waals surface area contributed by atoms with Gasteiger partial charge in [0.25, 0.3) is 5.69 Å². The normalized spacial score (nSPS) is 9.88. The maximum atomic E-state index is 11.4. The molecule has 0 aliphatic heterocycles. The van der Waals surface area contributed by atoms with Crippen LogP contribution in [0.15, 0.2) is 12.1 Å². The van der Waals surface area contributed by atoms with E-state index in [1.54, 1.807) is 6.92 Å². The van der Waals surface area contributed by atoms with Gasteiger partial charge in [-0.15, -0.1) is 11.6 Å². The van der Waals surface area contributed by atoms with E-state index in [9.17, 15) is 19.7 Å². The molecular weight excluding hydrogens is 234 g/mol. The van der Waals surface area contributed by atoms with Gasteiger partial charge in [-0.1, -0.05) is 0 Å². The van der Waals surface area contributed by atoms with Crippen LogP contribution in [0.25, 0.3) is 0 Å². The monoisotopic (exact) mass is 241 g/mol. The summed E-state index contributed by atoms with van der Waals surface area (Å²) in [6.45, 7) is 1.61. The Labute approximate surface area is 96.2 Å². The predicted octanol–water partition coefficient (Wildman–Crippen LogP) is 2.14. The van der Waals surface area contributed by atoms with E-state index in [1.165, 1.54) is 12.1 Å². The molecule has 1 aromatic rings. The lowest BCUT2D eigenvalue weighted by Gasteiger charge is -2.04. The maximum Gasteiger partial charge on any atom is 0.281 e. The second-order valence-electron chi connectivity index (χ2n) is 3.18. The van der Waals surface area contributed by atoms with Crippen LogP contribution in [0.1, 0.15) is 26.3 Å². The van der Waals surface area contributed by atoms with E-state index in [2.05, 4.69) is 0 Å². The number of carbonyl (C=O) groups is 2. The smallest absolute Gasteiger partial charge is 0.281 e. The molecule has 0 saturated carbocycles. The fraction of sp³-hybridized carbons (Fsp3) is 0.200. The summed E-state index contributed by atoms with van der Waals surface area (Å²) in [5, 5.41) is 10.8. The number of hydrogen-bond acceptors (Lipinski definition) is 4. The minimum atomic E-state index is -0.695. The molecule has 0 aliphatic rings. The third kappa shape index (κ3) is 2.25. The van der Waals surface area contributed by atoms with Crippen molar-refractivity contribution in [2.24, 2.45) is 0 Å². The van der Waals surface area contributed by atoms with E-state index in [-0.39, 0.29) is 16.8 Å². The van der Waals surface area contributed by atoms with Gasteiger partial charge in [0, 0.05) is 11.6 Å². The first-order valence-electron chi connectivity index (χ1n) is 4.34. The first-order chi connectivity index (χ1) is 7.51. The summed E-state index contributed by atoms with van der Waals surface area (Å²) >= 11 is 5.34. The van der Waals surface area contributed by atoms with E-state index >= 15 is 0 Å². The lowest BCUT2D eigenvalue weighted by atomic mass is 10.0. The highest BCUT2D eigenvalue weighted by atomic mass is 35.5. The molecule has 16 heavy (non-hydrogen) atoms. The number of carbonyl (C=O) groups excluding carboxylic acids is 2. The minimum Gasteiger partial charge on any atom is -0.298 e. The number of hydrogen-bond donors (Lipinski definition) is 0. The van der Waals surface area contributed by atoms with Crippen molar-refractivity contribution in [3.8, 4) is 0 Å². The van der Waals surface area contributed by atoms with Crippen molar-refractivity contribution in [2.75, 3.05) is 5.88 Å². The van der Waals surface area contributed by atoms with Crippen LogP contribution in [0.5, 0.6) is 0 Å². The molecule has 0 bridgehead atoms. The lowest BCUT2D eigenvalue weighted by molar-refractivity contribution is -0.385. The Kier molecular flexibility index (Phi) is 3.73. The summed E-state index contributed by atoms with van der Waals surface area (Å²) < 4.78 is 0. The number of halogens is 1. The van der Waals surface area contributed by atoms with Crippen LogP contribution in [0.3, 0.4) is 0 Å². The summed E-state index contributed by atoms with van der Waals surface area (Å²) in [5.41, 5.74) is -0.0642. The van der Waals surface area contributed by atoms with Crippen molar-refractivity contribution >= 4 is 29.4 Å². The maximum absolute atomic E-state index is 11.4. The SMILES string of the molecule is Cc1cc(C=O)c(C(=O)CCl)c([N+](=O)[O-])c1. The zero-order valence-corrected chi connectivity index (χ0v) is 9.15. The van der Waals surface area contributed by atoms with E-state index in [0.717, 1.165) is 0 Å². The van der Waals surface area contributed by atoms with Gasteiger partial charge in [-0.25, -0.2) is 0 Å². The van der Waals surface area contributed by atoms with Crippen molar-refractivity contribution in [3.63, 3.8) is 0 Å². The molecule has 1 rings (SSSR count). The number of aldehydes is 1. The van der Waals surface area contributed by atoms with Gasteiger partial charge in [0.1, 0.15) is 5.56 Å². The van der Waals surface area contributed by atoms with Crippen LogP contribution in [0, 0.1) is 17.0 Å². The standard InChI is InChI=1S/C10H8ClNO4/c1-6-2-7(5-13)10(9(14)4-11)8(3-6)12(15)16/h2-3,5H,4H2,1H3. The number of nitro benzene ring substituents is 1. The third-order valence-corrected chi connectivity index (χ3v) is 2.26. The number of ketones is 1. The molecule has 0 fully saturated rings. The Balaban J connectivity index is 3.57. The number of rotatable bonds is 4. The molecule has 6 heteroatoms. The van der Waals surface area contributed by atoms with Crippen LogP contribution in [-0.4, -0.2) is 22.9 Å². The Bertz CT molecular complexity index is 470. The van der Waals surface area contributed by atoms with Crippen molar-refractivity contribution in [1.29, 1.82) is 0 Å². The van der Waals surface area contributed by atoms with E-state index in [1.807, 2.05) is 0 Å².